The molecule has 0 N–H and O–H groups in total. The van der Waals surface area contributed by atoms with Crippen molar-refractivity contribution in [1.82, 2.24) is 15.0 Å². The molecule has 2 rings (SSSR count). The Kier molecular flexibility index (Phi) is 3.20. The van der Waals surface area contributed by atoms with Crippen molar-refractivity contribution in [3.8, 4) is 6.07 Å². The van der Waals surface area contributed by atoms with E-state index < -0.39 is 0 Å². The van der Waals surface area contributed by atoms with Crippen LogP contribution in [0.2, 0.25) is 0 Å². The maximum atomic E-state index is 8.98. The molecule has 0 atom stereocenters. The highest BCUT2D eigenvalue weighted by atomic mass is 15.4. The number of rotatable bonds is 3. The molecule has 1 heterocycles. The molecule has 0 bridgehead atoms. The standard InChI is InChI=1S/C13H14N4/c1-10(2)13-12(8-14)15-16-17(13)9-11-6-4-3-5-7-11/h3-7,10H,9H2,1-2H3. The second-order valence-electron chi connectivity index (χ2n) is 4.23. The lowest BCUT2D eigenvalue weighted by atomic mass is 10.1. The Balaban J connectivity index is 2.34. The second kappa shape index (κ2) is 4.79. The highest BCUT2D eigenvalue weighted by Crippen LogP contribution is 2.17. The largest absolute Gasteiger partial charge is 0.243 e. The van der Waals surface area contributed by atoms with E-state index in [1.165, 1.54) is 0 Å². The number of hydrogen-bond donors (Lipinski definition) is 0. The minimum atomic E-state index is 0.239. The molecule has 4 nitrogen and oxygen atoms in total. The molecular weight excluding hydrogens is 212 g/mol. The Morgan fingerprint density at radius 1 is 1.29 bits per heavy atom. The van der Waals surface area contributed by atoms with Crippen LogP contribution in [-0.2, 0) is 6.54 Å². The van der Waals surface area contributed by atoms with Crippen molar-refractivity contribution < 1.29 is 0 Å². The molecule has 0 saturated carbocycles. The van der Waals surface area contributed by atoms with Crippen molar-refractivity contribution in [3.63, 3.8) is 0 Å². The average molecular weight is 226 g/mol. The summed E-state index contributed by atoms with van der Waals surface area (Å²) in [7, 11) is 0. The molecule has 0 aliphatic heterocycles. The van der Waals surface area contributed by atoms with Gasteiger partial charge < -0.3 is 0 Å². The molecule has 1 aromatic carbocycles. The fourth-order valence-corrected chi connectivity index (χ4v) is 1.84. The molecule has 86 valence electrons. The summed E-state index contributed by atoms with van der Waals surface area (Å²) in [6.07, 6.45) is 0. The predicted octanol–water partition coefficient (Wildman–Crippen LogP) is 2.32. The minimum absolute atomic E-state index is 0.239. The van der Waals surface area contributed by atoms with Crippen LogP contribution in [0.25, 0.3) is 0 Å². The van der Waals surface area contributed by atoms with Crippen LogP contribution in [0.3, 0.4) is 0 Å². The van der Waals surface area contributed by atoms with Gasteiger partial charge in [0.1, 0.15) is 6.07 Å². The minimum Gasteiger partial charge on any atom is -0.243 e. The molecule has 0 fully saturated rings. The molecule has 1 aromatic heterocycles. The Bertz CT molecular complexity index is 534. The quantitative estimate of drug-likeness (QED) is 0.807. The van der Waals surface area contributed by atoms with E-state index in [0.717, 1.165) is 11.3 Å². The molecule has 4 heteroatoms. The van der Waals surface area contributed by atoms with Gasteiger partial charge in [-0.15, -0.1) is 5.10 Å². The van der Waals surface area contributed by atoms with Crippen LogP contribution < -0.4 is 0 Å². The molecule has 0 aliphatic rings. The first-order valence-corrected chi connectivity index (χ1v) is 5.59. The maximum Gasteiger partial charge on any atom is 0.186 e. The van der Waals surface area contributed by atoms with Crippen LogP contribution >= 0.6 is 0 Å². The van der Waals surface area contributed by atoms with Crippen LogP contribution in [-0.4, -0.2) is 15.0 Å². The number of hydrogen-bond acceptors (Lipinski definition) is 3. The monoisotopic (exact) mass is 226 g/mol. The second-order valence-corrected chi connectivity index (χ2v) is 4.23. The van der Waals surface area contributed by atoms with Crippen molar-refractivity contribution in [2.24, 2.45) is 0 Å². The van der Waals surface area contributed by atoms with E-state index in [1.807, 2.05) is 44.2 Å². The van der Waals surface area contributed by atoms with Crippen LogP contribution in [0, 0.1) is 11.3 Å². The summed E-state index contributed by atoms with van der Waals surface area (Å²) in [5, 5.41) is 16.9. The summed E-state index contributed by atoms with van der Waals surface area (Å²) in [6.45, 7) is 4.74. The highest BCUT2D eigenvalue weighted by molar-refractivity contribution is 5.28. The Labute approximate surface area is 101 Å². The van der Waals surface area contributed by atoms with Crippen molar-refractivity contribution in [1.29, 1.82) is 5.26 Å². The molecule has 0 unspecified atom stereocenters. The van der Waals surface area contributed by atoms with Gasteiger partial charge in [-0.2, -0.15) is 5.26 Å². The first kappa shape index (κ1) is 11.3. The lowest BCUT2D eigenvalue weighted by Crippen LogP contribution is -2.08. The lowest BCUT2D eigenvalue weighted by Gasteiger charge is -2.09. The van der Waals surface area contributed by atoms with Gasteiger partial charge >= 0.3 is 0 Å². The van der Waals surface area contributed by atoms with Crippen molar-refractivity contribution in [3.05, 3.63) is 47.3 Å². The molecule has 2 aromatic rings. The van der Waals surface area contributed by atoms with Gasteiger partial charge in [0.25, 0.3) is 0 Å². The summed E-state index contributed by atoms with van der Waals surface area (Å²) < 4.78 is 1.80. The molecule has 0 aliphatic carbocycles. The van der Waals surface area contributed by atoms with Gasteiger partial charge in [0.2, 0.25) is 0 Å². The smallest absolute Gasteiger partial charge is 0.186 e. The van der Waals surface area contributed by atoms with Gasteiger partial charge in [0.15, 0.2) is 5.69 Å². The van der Waals surface area contributed by atoms with Crippen molar-refractivity contribution in [2.45, 2.75) is 26.3 Å². The Hall–Kier alpha value is -2.15. The summed E-state index contributed by atoms with van der Waals surface area (Å²) in [6, 6.07) is 12.1. The van der Waals surface area contributed by atoms with E-state index in [4.69, 9.17) is 5.26 Å². The zero-order valence-corrected chi connectivity index (χ0v) is 9.96. The summed E-state index contributed by atoms with van der Waals surface area (Å²) >= 11 is 0. The van der Waals surface area contributed by atoms with Gasteiger partial charge in [-0.3, -0.25) is 0 Å². The first-order chi connectivity index (χ1) is 8.22. The van der Waals surface area contributed by atoms with Crippen molar-refractivity contribution >= 4 is 0 Å². The van der Waals surface area contributed by atoms with Gasteiger partial charge in [-0.1, -0.05) is 49.4 Å². The van der Waals surface area contributed by atoms with Gasteiger partial charge in [-0.05, 0) is 11.5 Å². The molecular formula is C13H14N4. The van der Waals surface area contributed by atoms with Gasteiger partial charge in [0, 0.05) is 0 Å². The topological polar surface area (TPSA) is 54.5 Å². The number of nitriles is 1. The van der Waals surface area contributed by atoms with E-state index in [2.05, 4.69) is 16.4 Å². The molecule has 0 spiro atoms. The average Bonchev–Trinajstić information content (AvgIpc) is 2.73. The third-order valence-corrected chi connectivity index (χ3v) is 2.60. The molecule has 0 amide bonds. The van der Waals surface area contributed by atoms with Crippen LogP contribution in [0.5, 0.6) is 0 Å². The summed E-state index contributed by atoms with van der Waals surface area (Å²) in [4.78, 5) is 0. The van der Waals surface area contributed by atoms with Crippen molar-refractivity contribution in [2.75, 3.05) is 0 Å². The third kappa shape index (κ3) is 2.34. The zero-order chi connectivity index (χ0) is 12.3. The Morgan fingerprint density at radius 2 is 2.00 bits per heavy atom. The summed E-state index contributed by atoms with van der Waals surface area (Å²) in [5.74, 6) is 0.239. The van der Waals surface area contributed by atoms with Crippen LogP contribution in [0.15, 0.2) is 30.3 Å². The highest BCUT2D eigenvalue weighted by Gasteiger charge is 2.15. The SMILES string of the molecule is CC(C)c1c(C#N)nnn1Cc1ccccc1. The number of aromatic nitrogens is 3. The molecule has 0 saturated heterocycles. The van der Waals surface area contributed by atoms with Gasteiger partial charge in [0.05, 0.1) is 12.2 Å². The fraction of sp³-hybridized carbons (Fsp3) is 0.308. The number of benzene rings is 1. The zero-order valence-electron chi connectivity index (χ0n) is 9.96. The predicted molar refractivity (Wildman–Crippen MR) is 64.4 cm³/mol. The van der Waals surface area contributed by atoms with E-state index in [0.29, 0.717) is 12.2 Å². The lowest BCUT2D eigenvalue weighted by molar-refractivity contribution is 0.598. The number of nitrogens with zero attached hydrogens (tertiary/aromatic N) is 4. The van der Waals surface area contributed by atoms with Crippen LogP contribution in [0.1, 0.15) is 36.7 Å². The maximum absolute atomic E-state index is 8.98. The summed E-state index contributed by atoms with van der Waals surface area (Å²) in [5.41, 5.74) is 2.48. The van der Waals surface area contributed by atoms with Crippen LogP contribution in [0.4, 0.5) is 0 Å². The Morgan fingerprint density at radius 3 is 2.59 bits per heavy atom. The molecule has 17 heavy (non-hydrogen) atoms. The van der Waals surface area contributed by atoms with Gasteiger partial charge in [-0.25, -0.2) is 4.68 Å². The van der Waals surface area contributed by atoms with E-state index in [1.54, 1.807) is 4.68 Å². The fourth-order valence-electron chi connectivity index (χ4n) is 1.84. The third-order valence-electron chi connectivity index (χ3n) is 2.60. The first-order valence-electron chi connectivity index (χ1n) is 5.59. The van der Waals surface area contributed by atoms with E-state index in [9.17, 15) is 0 Å². The normalized spacial score (nSPS) is 10.5. The van der Waals surface area contributed by atoms with E-state index in [-0.39, 0.29) is 5.92 Å². The molecule has 0 radical (unpaired) electrons. The van der Waals surface area contributed by atoms with E-state index >= 15 is 0 Å².